The van der Waals surface area contributed by atoms with E-state index in [2.05, 4.69) is 39.9 Å². The Morgan fingerprint density at radius 1 is 0.217 bits per heavy atom. The van der Waals surface area contributed by atoms with E-state index in [1.165, 1.54) is 98.1 Å². The Morgan fingerprint density at radius 3 is 0.565 bits per heavy atom. The maximum atomic E-state index is 17.2. The average Bonchev–Trinajstić information content (AvgIpc) is 1.46. The van der Waals surface area contributed by atoms with E-state index in [1.807, 2.05) is 0 Å². The van der Waals surface area contributed by atoms with E-state index < -0.39 is 202 Å². The number of aromatic nitrogens is 8. The van der Waals surface area contributed by atoms with E-state index in [4.69, 9.17) is 0 Å². The summed E-state index contributed by atoms with van der Waals surface area (Å²) in [6.07, 6.45) is 13.0. The highest BCUT2D eigenvalue weighted by Gasteiger charge is 2.36. The van der Waals surface area contributed by atoms with Crippen LogP contribution >= 0.6 is 47.0 Å². The number of nitrogens with zero attached hydrogens (tertiary/aromatic N) is 6. The molecule has 8 nitrogen and oxygen atoms in total. The summed E-state index contributed by atoms with van der Waals surface area (Å²) in [4.78, 5) is 24.4. The Hall–Kier alpha value is -9.64. The van der Waals surface area contributed by atoms with Crippen LogP contribution in [0.5, 0.6) is 0 Å². The van der Waals surface area contributed by atoms with Crippen LogP contribution in [0.3, 0.4) is 0 Å². The van der Waals surface area contributed by atoms with Gasteiger partial charge in [0.1, 0.15) is 0 Å². The molecule has 0 saturated carbocycles. The van der Waals surface area contributed by atoms with Gasteiger partial charge in [0.25, 0.3) is 0 Å². The predicted molar refractivity (Wildman–Crippen MR) is 313 cm³/mol. The maximum absolute atomic E-state index is 17.2. The minimum atomic E-state index is -2.12. The van der Waals surface area contributed by atoms with Gasteiger partial charge in [-0.1, -0.05) is 47.0 Å². The summed E-state index contributed by atoms with van der Waals surface area (Å²) in [5, 5.41) is 0. The molecule has 458 valence electrons. The summed E-state index contributed by atoms with van der Waals surface area (Å²) in [5.74, 6) is -33.0. The molecule has 0 fully saturated rings. The third kappa shape index (κ3) is 10.6. The zero-order chi connectivity index (χ0) is 64.5. The number of hydrogen-bond donors (Lipinski definition) is 2. The molecule has 0 saturated heterocycles. The monoisotopic (exact) mass is 1340 g/mol. The largest absolute Gasteiger partial charge is 0.354 e. The second-order valence-electron chi connectivity index (χ2n) is 19.5. The standard InChI is InChI=1S/C64H26F16N8S4/c65-45-41(46(66)54(74)61(53(45)73)89-25-9-17-81-18-10-25)37-29-1-2-30(85-29)38(42-47(67)55(75)62(56(76)48(42)68)90-26-11-19-82-20-12-26)32-5-6-34(87-32)40(44-51(71)59(79)64(60(80)52(44)72)92-28-15-23-84-24-16-28)36-8-7-35(88-36)39(33-4-3-31(37)86-33)43-49(69)57(77)63(58(78)50(43)70)91-27-13-21-83-22-14-27/h1-24,85,88H. The third-order valence-corrected chi connectivity index (χ3v) is 18.4. The Bertz CT molecular complexity index is 4400. The Labute approximate surface area is 522 Å². The Morgan fingerprint density at radius 2 is 0.391 bits per heavy atom. The van der Waals surface area contributed by atoms with Gasteiger partial charge in [0.2, 0.25) is 0 Å². The van der Waals surface area contributed by atoms with Crippen LogP contribution in [-0.4, -0.2) is 39.9 Å². The van der Waals surface area contributed by atoms with Gasteiger partial charge in [0.15, 0.2) is 93.1 Å². The summed E-state index contributed by atoms with van der Waals surface area (Å²) >= 11 is 0.934. The van der Waals surface area contributed by atoms with E-state index in [1.54, 1.807) is 0 Å². The number of benzene rings is 4. The van der Waals surface area contributed by atoms with Crippen molar-refractivity contribution in [3.8, 4) is 44.5 Å². The highest BCUT2D eigenvalue weighted by atomic mass is 32.2. The van der Waals surface area contributed by atoms with Gasteiger partial charge in [-0.25, -0.2) is 80.2 Å². The molecule has 0 radical (unpaired) electrons. The summed E-state index contributed by atoms with van der Waals surface area (Å²) in [7, 11) is 0. The molecule has 2 aliphatic rings. The van der Waals surface area contributed by atoms with Crippen molar-refractivity contribution in [1.29, 1.82) is 0 Å². The first-order valence-electron chi connectivity index (χ1n) is 26.2. The summed E-state index contributed by atoms with van der Waals surface area (Å²) in [5.41, 5.74) is -16.5. The molecule has 8 bridgehead atoms. The van der Waals surface area contributed by atoms with Crippen LogP contribution < -0.4 is 0 Å². The number of rotatable bonds is 12. The minimum absolute atomic E-state index is 0.0434. The van der Waals surface area contributed by atoms with E-state index in [0.717, 1.165) is 48.6 Å². The average molecular weight is 1340 g/mol. The van der Waals surface area contributed by atoms with E-state index in [-0.39, 0.29) is 66.6 Å². The smallest absolute Gasteiger partial charge is 0.176 e. The molecule has 0 aliphatic carbocycles. The van der Waals surface area contributed by atoms with Crippen LogP contribution in [-0.2, 0) is 0 Å². The van der Waals surface area contributed by atoms with Gasteiger partial charge in [-0.3, -0.25) is 19.9 Å². The lowest BCUT2D eigenvalue weighted by Gasteiger charge is -2.14. The maximum Gasteiger partial charge on any atom is 0.176 e. The number of fused-ring (bicyclic) bond motifs is 8. The summed E-state index contributed by atoms with van der Waals surface area (Å²) < 4.78 is 271. The first-order valence-corrected chi connectivity index (χ1v) is 29.5. The van der Waals surface area contributed by atoms with Gasteiger partial charge < -0.3 is 9.97 Å². The molecule has 2 aliphatic heterocycles. The second kappa shape index (κ2) is 24.5. The van der Waals surface area contributed by atoms with Crippen LogP contribution in [0.4, 0.5) is 70.2 Å². The molecule has 13 rings (SSSR count). The van der Waals surface area contributed by atoms with Crippen molar-refractivity contribution in [2.75, 3.05) is 0 Å². The number of pyridine rings is 4. The highest BCUT2D eigenvalue weighted by Crippen LogP contribution is 2.49. The zero-order valence-electron chi connectivity index (χ0n) is 45.2. The fourth-order valence-electron chi connectivity index (χ4n) is 10.0. The second-order valence-corrected chi connectivity index (χ2v) is 23.8. The Balaban J connectivity index is 1.19. The summed E-state index contributed by atoms with van der Waals surface area (Å²) in [6.45, 7) is 0. The van der Waals surface area contributed by atoms with E-state index in [0.29, 0.717) is 0 Å². The molecule has 0 atom stereocenters. The number of hydrogen-bond acceptors (Lipinski definition) is 10. The van der Waals surface area contributed by atoms with Crippen molar-refractivity contribution >= 4 is 93.4 Å². The molecule has 2 N–H and O–H groups in total. The van der Waals surface area contributed by atoms with Crippen molar-refractivity contribution in [2.45, 2.75) is 39.2 Å². The minimum Gasteiger partial charge on any atom is -0.354 e. The van der Waals surface area contributed by atoms with Crippen LogP contribution in [0.2, 0.25) is 0 Å². The van der Waals surface area contributed by atoms with Crippen LogP contribution in [0.25, 0.3) is 90.9 Å². The van der Waals surface area contributed by atoms with Gasteiger partial charge >= 0.3 is 0 Å². The molecule has 0 spiro atoms. The number of halogens is 16. The fourth-order valence-corrected chi connectivity index (χ4v) is 13.4. The molecule has 28 heteroatoms. The number of aromatic amines is 2. The highest BCUT2D eigenvalue weighted by molar-refractivity contribution is 8.00. The van der Waals surface area contributed by atoms with E-state index in [9.17, 15) is 0 Å². The summed E-state index contributed by atoms with van der Waals surface area (Å²) in [6, 6.07) is 13.5. The van der Waals surface area contributed by atoms with Crippen molar-refractivity contribution in [3.63, 3.8) is 0 Å². The molecule has 9 heterocycles. The molecule has 0 unspecified atom stereocenters. The lowest BCUT2D eigenvalue weighted by atomic mass is 10.0. The van der Waals surface area contributed by atoms with Crippen LogP contribution in [0.1, 0.15) is 22.8 Å². The van der Waals surface area contributed by atoms with Gasteiger partial charge in [-0.05, 0) is 97.1 Å². The molecular weight excluding hydrogens is 1310 g/mol. The fraction of sp³-hybridized carbons (Fsp3) is 0. The molecule has 4 aromatic carbocycles. The number of nitrogens with one attached hydrogen (secondary N) is 2. The van der Waals surface area contributed by atoms with Crippen molar-refractivity contribution in [2.24, 2.45) is 0 Å². The van der Waals surface area contributed by atoms with Crippen LogP contribution in [0.15, 0.2) is 162 Å². The predicted octanol–water partition coefficient (Wildman–Crippen LogP) is 19.7. The third-order valence-electron chi connectivity index (χ3n) is 14.1. The quantitative estimate of drug-likeness (QED) is 0.0907. The van der Waals surface area contributed by atoms with Gasteiger partial charge in [0.05, 0.1) is 64.6 Å². The van der Waals surface area contributed by atoms with Gasteiger partial charge in [0, 0.05) is 113 Å². The van der Waals surface area contributed by atoms with Crippen molar-refractivity contribution < 1.29 is 70.2 Å². The van der Waals surface area contributed by atoms with Crippen molar-refractivity contribution in [1.82, 2.24) is 39.9 Å². The van der Waals surface area contributed by atoms with E-state index >= 15 is 70.2 Å². The molecule has 92 heavy (non-hydrogen) atoms. The molecule has 11 aromatic rings. The lowest BCUT2D eigenvalue weighted by Crippen LogP contribution is -2.05. The molecule has 7 aromatic heterocycles. The zero-order valence-corrected chi connectivity index (χ0v) is 48.5. The first kappa shape index (κ1) is 61.2. The SMILES string of the molecule is Fc1c(F)c(-c2c3nc(c(-c4c(F)c(F)c(Sc5ccncc5)c(F)c4F)c4ccc([nH]4)c(-c4c(F)c(F)c(Sc5ccncc5)c(F)c4F)c4nc(c(-c5c(F)c(F)c(Sc6ccncc6)c(F)c5F)c5ccc2[nH]5)C=C4)C=C3)c(F)c(F)c1Sc1ccncc1. The lowest BCUT2D eigenvalue weighted by molar-refractivity contribution is 0.430. The molecule has 0 amide bonds. The number of H-pyrrole nitrogens is 2. The Kier molecular flexibility index (Phi) is 16.3. The van der Waals surface area contributed by atoms with Gasteiger partial charge in [-0.15, -0.1) is 0 Å². The molecular formula is C64H26F16N8S4. The normalized spacial score (nSPS) is 12.0. The van der Waals surface area contributed by atoms with Crippen LogP contribution in [0, 0.1) is 93.1 Å². The first-order chi connectivity index (χ1) is 44.3. The van der Waals surface area contributed by atoms with Gasteiger partial charge in [-0.2, -0.15) is 0 Å². The topological polar surface area (TPSA) is 109 Å². The van der Waals surface area contributed by atoms with Crippen molar-refractivity contribution in [3.05, 3.63) is 238 Å².